The summed E-state index contributed by atoms with van der Waals surface area (Å²) < 4.78 is 0. The highest BCUT2D eigenvalue weighted by Crippen LogP contribution is 2.15. The van der Waals surface area contributed by atoms with Crippen LogP contribution in [0.2, 0.25) is 0 Å². The van der Waals surface area contributed by atoms with Crippen molar-refractivity contribution in [3.63, 3.8) is 0 Å². The first-order valence-electron chi connectivity index (χ1n) is 6.05. The third kappa shape index (κ3) is 2.97. The minimum Gasteiger partial charge on any atom is -0.361 e. The Labute approximate surface area is 106 Å². The van der Waals surface area contributed by atoms with Gasteiger partial charge in [-0.25, -0.2) is 5.43 Å². The molecule has 2 aromatic rings. The van der Waals surface area contributed by atoms with Crippen LogP contribution in [0, 0.1) is 5.92 Å². The Bertz CT molecular complexity index is 569. The molecule has 0 radical (unpaired) electrons. The zero-order valence-electron chi connectivity index (χ0n) is 10.6. The molecule has 1 aromatic carbocycles. The van der Waals surface area contributed by atoms with Gasteiger partial charge < -0.3 is 4.98 Å². The number of aromatic amines is 1. The van der Waals surface area contributed by atoms with Crippen LogP contribution in [0.5, 0.6) is 0 Å². The van der Waals surface area contributed by atoms with Gasteiger partial charge in [-0.2, -0.15) is 5.10 Å². The lowest BCUT2D eigenvalue weighted by molar-refractivity contribution is -0.121. The number of hydrogen-bond donors (Lipinski definition) is 2. The van der Waals surface area contributed by atoms with Gasteiger partial charge in [0.15, 0.2) is 0 Å². The maximum Gasteiger partial charge on any atom is 0.240 e. The molecule has 0 atom stereocenters. The first kappa shape index (κ1) is 12.4. The highest BCUT2D eigenvalue weighted by molar-refractivity contribution is 5.99. The van der Waals surface area contributed by atoms with Crippen molar-refractivity contribution >= 4 is 23.0 Å². The van der Waals surface area contributed by atoms with Crippen LogP contribution in [0.1, 0.15) is 25.8 Å². The number of carbonyl (C=O) groups is 1. The molecule has 4 heteroatoms. The number of hydrogen-bond acceptors (Lipinski definition) is 2. The molecule has 1 aromatic heterocycles. The topological polar surface area (TPSA) is 57.2 Å². The summed E-state index contributed by atoms with van der Waals surface area (Å²) >= 11 is 0. The summed E-state index contributed by atoms with van der Waals surface area (Å²) in [7, 11) is 0. The predicted octanol–water partition coefficient (Wildman–Crippen LogP) is 2.66. The summed E-state index contributed by atoms with van der Waals surface area (Å²) in [5, 5.41) is 5.07. The Balaban J connectivity index is 2.03. The average Bonchev–Trinajstić information content (AvgIpc) is 2.72. The molecule has 0 bridgehead atoms. The second-order valence-electron chi connectivity index (χ2n) is 4.68. The molecule has 2 N–H and O–H groups in total. The summed E-state index contributed by atoms with van der Waals surface area (Å²) in [5.74, 6) is 0.286. The SMILES string of the molecule is CC(C)CC(=O)N/N=C\c1c[nH]c2ccccc12. The van der Waals surface area contributed by atoms with Crippen molar-refractivity contribution in [2.24, 2.45) is 11.0 Å². The van der Waals surface area contributed by atoms with E-state index in [2.05, 4.69) is 15.5 Å². The van der Waals surface area contributed by atoms with Crippen molar-refractivity contribution in [2.75, 3.05) is 0 Å². The van der Waals surface area contributed by atoms with Gasteiger partial charge in [0.2, 0.25) is 5.91 Å². The van der Waals surface area contributed by atoms with Gasteiger partial charge in [-0.1, -0.05) is 32.0 Å². The predicted molar refractivity (Wildman–Crippen MR) is 73.5 cm³/mol. The second-order valence-corrected chi connectivity index (χ2v) is 4.68. The number of benzene rings is 1. The number of para-hydroxylation sites is 1. The van der Waals surface area contributed by atoms with Crippen LogP contribution in [0.3, 0.4) is 0 Å². The molecule has 0 fully saturated rings. The van der Waals surface area contributed by atoms with E-state index in [4.69, 9.17) is 0 Å². The molecule has 0 saturated heterocycles. The average molecular weight is 243 g/mol. The zero-order valence-corrected chi connectivity index (χ0v) is 10.6. The van der Waals surface area contributed by atoms with Gasteiger partial charge in [0.05, 0.1) is 6.21 Å². The number of fused-ring (bicyclic) bond motifs is 1. The van der Waals surface area contributed by atoms with Gasteiger partial charge in [0.25, 0.3) is 0 Å². The van der Waals surface area contributed by atoms with E-state index in [9.17, 15) is 4.79 Å². The van der Waals surface area contributed by atoms with Gasteiger partial charge in [0.1, 0.15) is 0 Å². The zero-order chi connectivity index (χ0) is 13.0. The van der Waals surface area contributed by atoms with Crippen LogP contribution in [-0.2, 0) is 4.79 Å². The van der Waals surface area contributed by atoms with Crippen molar-refractivity contribution < 1.29 is 4.79 Å². The Hall–Kier alpha value is -2.10. The molecule has 0 aliphatic heterocycles. The van der Waals surface area contributed by atoms with E-state index in [0.29, 0.717) is 12.3 Å². The lowest BCUT2D eigenvalue weighted by atomic mass is 10.1. The van der Waals surface area contributed by atoms with Crippen molar-refractivity contribution in [1.82, 2.24) is 10.4 Å². The van der Waals surface area contributed by atoms with Gasteiger partial charge in [-0.3, -0.25) is 4.79 Å². The number of nitrogens with zero attached hydrogens (tertiary/aromatic N) is 1. The van der Waals surface area contributed by atoms with Crippen LogP contribution in [0.15, 0.2) is 35.6 Å². The Kier molecular flexibility index (Phi) is 3.77. The van der Waals surface area contributed by atoms with E-state index in [0.717, 1.165) is 16.5 Å². The molecule has 0 spiro atoms. The Morgan fingerprint density at radius 3 is 3.00 bits per heavy atom. The van der Waals surface area contributed by atoms with E-state index in [-0.39, 0.29) is 5.91 Å². The molecule has 18 heavy (non-hydrogen) atoms. The minimum atomic E-state index is -0.0545. The number of H-pyrrole nitrogens is 1. The normalized spacial score (nSPS) is 11.5. The number of hydrazone groups is 1. The maximum absolute atomic E-state index is 11.4. The lowest BCUT2D eigenvalue weighted by Gasteiger charge is -2.01. The van der Waals surface area contributed by atoms with Crippen molar-refractivity contribution in [2.45, 2.75) is 20.3 Å². The largest absolute Gasteiger partial charge is 0.361 e. The molecule has 0 aliphatic carbocycles. The number of carbonyl (C=O) groups excluding carboxylic acids is 1. The highest BCUT2D eigenvalue weighted by Gasteiger charge is 2.03. The van der Waals surface area contributed by atoms with Gasteiger partial charge in [-0.15, -0.1) is 0 Å². The summed E-state index contributed by atoms with van der Waals surface area (Å²) in [6.07, 6.45) is 4.03. The fourth-order valence-electron chi connectivity index (χ4n) is 1.79. The molecular formula is C14H17N3O. The van der Waals surface area contributed by atoms with E-state index in [1.807, 2.05) is 44.3 Å². The molecule has 1 amide bonds. The van der Waals surface area contributed by atoms with Crippen LogP contribution in [-0.4, -0.2) is 17.1 Å². The van der Waals surface area contributed by atoms with Crippen LogP contribution < -0.4 is 5.43 Å². The molecule has 0 aliphatic rings. The second kappa shape index (κ2) is 5.49. The standard InChI is InChI=1S/C14H17N3O/c1-10(2)7-14(18)17-16-9-11-8-15-13-6-4-3-5-12(11)13/h3-6,8-10,15H,7H2,1-2H3,(H,17,18)/b16-9-. The molecule has 1 heterocycles. The summed E-state index contributed by atoms with van der Waals surface area (Å²) in [4.78, 5) is 14.6. The maximum atomic E-state index is 11.4. The van der Waals surface area contributed by atoms with Crippen LogP contribution >= 0.6 is 0 Å². The lowest BCUT2D eigenvalue weighted by Crippen LogP contribution is -2.18. The smallest absolute Gasteiger partial charge is 0.240 e. The summed E-state index contributed by atoms with van der Waals surface area (Å²) in [6, 6.07) is 7.97. The Morgan fingerprint density at radius 2 is 2.22 bits per heavy atom. The van der Waals surface area contributed by atoms with E-state index in [1.54, 1.807) is 6.21 Å². The van der Waals surface area contributed by atoms with Gasteiger partial charge in [0, 0.05) is 29.1 Å². The third-order valence-electron chi connectivity index (χ3n) is 2.61. The van der Waals surface area contributed by atoms with Gasteiger partial charge >= 0.3 is 0 Å². The van der Waals surface area contributed by atoms with Crippen molar-refractivity contribution in [1.29, 1.82) is 0 Å². The van der Waals surface area contributed by atoms with Crippen molar-refractivity contribution in [3.8, 4) is 0 Å². The first-order valence-corrected chi connectivity index (χ1v) is 6.05. The highest BCUT2D eigenvalue weighted by atomic mass is 16.2. The molecular weight excluding hydrogens is 226 g/mol. The monoisotopic (exact) mass is 243 g/mol. The van der Waals surface area contributed by atoms with Gasteiger partial charge in [-0.05, 0) is 12.0 Å². The van der Waals surface area contributed by atoms with Crippen molar-refractivity contribution in [3.05, 3.63) is 36.0 Å². The fourth-order valence-corrected chi connectivity index (χ4v) is 1.79. The molecule has 2 rings (SSSR count). The fraction of sp³-hybridized carbons (Fsp3) is 0.286. The number of rotatable bonds is 4. The first-order chi connectivity index (χ1) is 8.66. The van der Waals surface area contributed by atoms with Crippen LogP contribution in [0.25, 0.3) is 10.9 Å². The van der Waals surface area contributed by atoms with E-state index >= 15 is 0 Å². The minimum absolute atomic E-state index is 0.0545. The van der Waals surface area contributed by atoms with E-state index < -0.39 is 0 Å². The molecule has 0 saturated carbocycles. The van der Waals surface area contributed by atoms with Crippen LogP contribution in [0.4, 0.5) is 0 Å². The number of nitrogens with one attached hydrogen (secondary N) is 2. The molecule has 4 nitrogen and oxygen atoms in total. The summed E-state index contributed by atoms with van der Waals surface area (Å²) in [5.41, 5.74) is 4.56. The quantitative estimate of drug-likeness (QED) is 0.629. The third-order valence-corrected chi connectivity index (χ3v) is 2.61. The number of aromatic nitrogens is 1. The number of amides is 1. The molecule has 94 valence electrons. The van der Waals surface area contributed by atoms with E-state index in [1.165, 1.54) is 0 Å². The molecule has 0 unspecified atom stereocenters. The summed E-state index contributed by atoms with van der Waals surface area (Å²) in [6.45, 7) is 4.01. The Morgan fingerprint density at radius 1 is 1.44 bits per heavy atom.